The SMILES string of the molecule is COc1cccc(N(CC(=O)N2CCCCC2)S(=O)(=O)c2ccc(C)cc2)c1. The molecule has 0 saturated carbocycles. The molecular weight excluding hydrogens is 376 g/mol. The van der Waals surface area contributed by atoms with Gasteiger partial charge in [0.25, 0.3) is 10.0 Å². The number of hydrogen-bond acceptors (Lipinski definition) is 4. The summed E-state index contributed by atoms with van der Waals surface area (Å²) in [6.07, 6.45) is 3.01. The van der Waals surface area contributed by atoms with Gasteiger partial charge in [-0.15, -0.1) is 0 Å². The zero-order valence-electron chi connectivity index (χ0n) is 16.3. The molecule has 28 heavy (non-hydrogen) atoms. The maximum Gasteiger partial charge on any atom is 0.264 e. The highest BCUT2D eigenvalue weighted by Crippen LogP contribution is 2.27. The van der Waals surface area contributed by atoms with Gasteiger partial charge in [0.15, 0.2) is 0 Å². The first kappa shape index (κ1) is 20.2. The van der Waals surface area contributed by atoms with Gasteiger partial charge in [0.2, 0.25) is 5.91 Å². The number of anilines is 1. The van der Waals surface area contributed by atoms with Crippen molar-refractivity contribution >= 4 is 21.6 Å². The number of hydrogen-bond donors (Lipinski definition) is 0. The van der Waals surface area contributed by atoms with Crippen molar-refractivity contribution in [1.82, 2.24) is 4.90 Å². The number of sulfonamides is 1. The number of carbonyl (C=O) groups excluding carboxylic acids is 1. The van der Waals surface area contributed by atoms with E-state index in [1.165, 1.54) is 11.4 Å². The molecule has 1 aliphatic rings. The average molecular weight is 403 g/mol. The summed E-state index contributed by atoms with van der Waals surface area (Å²) in [7, 11) is -2.37. The molecule has 7 heteroatoms. The number of aryl methyl sites for hydroxylation is 1. The van der Waals surface area contributed by atoms with E-state index in [4.69, 9.17) is 4.74 Å². The number of methoxy groups -OCH3 is 1. The third-order valence-corrected chi connectivity index (χ3v) is 6.73. The molecule has 1 aliphatic heterocycles. The molecule has 150 valence electrons. The molecule has 2 aromatic rings. The van der Waals surface area contributed by atoms with Gasteiger partial charge in [-0.05, 0) is 50.5 Å². The predicted octanol–water partition coefficient (Wildman–Crippen LogP) is 3.21. The first-order chi connectivity index (χ1) is 13.4. The molecule has 0 atom stereocenters. The minimum Gasteiger partial charge on any atom is -0.497 e. The van der Waals surface area contributed by atoms with Gasteiger partial charge in [-0.25, -0.2) is 8.42 Å². The van der Waals surface area contributed by atoms with Gasteiger partial charge in [0.1, 0.15) is 12.3 Å². The number of piperidine rings is 1. The van der Waals surface area contributed by atoms with Gasteiger partial charge in [0, 0.05) is 19.2 Å². The smallest absolute Gasteiger partial charge is 0.264 e. The van der Waals surface area contributed by atoms with Gasteiger partial charge in [-0.2, -0.15) is 0 Å². The summed E-state index contributed by atoms with van der Waals surface area (Å²) >= 11 is 0. The minimum atomic E-state index is -3.90. The van der Waals surface area contributed by atoms with Gasteiger partial charge in [-0.3, -0.25) is 9.10 Å². The number of amides is 1. The second kappa shape index (κ2) is 8.65. The van der Waals surface area contributed by atoms with Crippen LogP contribution in [0.15, 0.2) is 53.4 Å². The Morgan fingerprint density at radius 1 is 1.07 bits per heavy atom. The third-order valence-electron chi connectivity index (χ3n) is 4.94. The number of benzene rings is 2. The first-order valence-electron chi connectivity index (χ1n) is 9.43. The Balaban J connectivity index is 1.97. The summed E-state index contributed by atoms with van der Waals surface area (Å²) < 4.78 is 33.2. The van der Waals surface area contributed by atoms with E-state index in [2.05, 4.69) is 0 Å². The molecule has 1 saturated heterocycles. The lowest BCUT2D eigenvalue weighted by Gasteiger charge is -2.30. The predicted molar refractivity (Wildman–Crippen MR) is 109 cm³/mol. The Morgan fingerprint density at radius 3 is 2.39 bits per heavy atom. The zero-order valence-corrected chi connectivity index (χ0v) is 17.1. The van der Waals surface area contributed by atoms with Crippen molar-refractivity contribution in [1.29, 1.82) is 0 Å². The maximum absolute atomic E-state index is 13.4. The van der Waals surface area contributed by atoms with Crippen LogP contribution in [0.25, 0.3) is 0 Å². The minimum absolute atomic E-state index is 0.160. The number of nitrogens with zero attached hydrogens (tertiary/aromatic N) is 2. The van der Waals surface area contributed by atoms with Crippen LogP contribution in [0.4, 0.5) is 5.69 Å². The zero-order chi connectivity index (χ0) is 20.1. The van der Waals surface area contributed by atoms with E-state index in [9.17, 15) is 13.2 Å². The Labute approximate surface area is 166 Å². The highest BCUT2D eigenvalue weighted by Gasteiger charge is 2.29. The summed E-state index contributed by atoms with van der Waals surface area (Å²) in [6.45, 7) is 3.02. The van der Waals surface area contributed by atoms with Crippen molar-refractivity contribution in [2.75, 3.05) is 31.0 Å². The Morgan fingerprint density at radius 2 is 1.75 bits per heavy atom. The molecule has 0 spiro atoms. The van der Waals surface area contributed by atoms with Crippen LogP contribution < -0.4 is 9.04 Å². The molecule has 1 fully saturated rings. The molecule has 0 radical (unpaired) electrons. The van der Waals surface area contributed by atoms with Crippen LogP contribution in [-0.2, 0) is 14.8 Å². The van der Waals surface area contributed by atoms with Crippen LogP contribution in [-0.4, -0.2) is 46.0 Å². The van der Waals surface area contributed by atoms with Gasteiger partial charge in [0.05, 0.1) is 17.7 Å². The van der Waals surface area contributed by atoms with E-state index in [0.717, 1.165) is 24.8 Å². The van der Waals surface area contributed by atoms with E-state index in [-0.39, 0.29) is 17.3 Å². The normalized spacial score (nSPS) is 14.6. The summed E-state index contributed by atoms with van der Waals surface area (Å²) in [5.41, 5.74) is 1.38. The van der Waals surface area contributed by atoms with Gasteiger partial charge in [-0.1, -0.05) is 23.8 Å². The number of ether oxygens (including phenoxy) is 1. The van der Waals surface area contributed by atoms with E-state index in [0.29, 0.717) is 24.5 Å². The van der Waals surface area contributed by atoms with Crippen LogP contribution in [0, 0.1) is 6.92 Å². The van der Waals surface area contributed by atoms with Crippen molar-refractivity contribution in [2.24, 2.45) is 0 Å². The molecule has 0 bridgehead atoms. The summed E-state index contributed by atoms with van der Waals surface area (Å²) in [5.74, 6) is 0.352. The molecular formula is C21H26N2O4S. The van der Waals surface area contributed by atoms with Crippen molar-refractivity contribution in [3.8, 4) is 5.75 Å². The molecule has 0 aliphatic carbocycles. The lowest BCUT2D eigenvalue weighted by atomic mass is 10.1. The number of rotatable bonds is 6. The third kappa shape index (κ3) is 4.47. The molecule has 1 amide bonds. The Hall–Kier alpha value is -2.54. The quantitative estimate of drug-likeness (QED) is 0.744. The van der Waals surface area contributed by atoms with E-state index in [1.54, 1.807) is 53.4 Å². The van der Waals surface area contributed by atoms with Crippen LogP contribution >= 0.6 is 0 Å². The lowest BCUT2D eigenvalue weighted by molar-refractivity contribution is -0.130. The van der Waals surface area contributed by atoms with Crippen LogP contribution in [0.5, 0.6) is 5.75 Å². The second-order valence-electron chi connectivity index (χ2n) is 6.97. The monoisotopic (exact) mass is 402 g/mol. The van der Waals surface area contributed by atoms with Crippen LogP contribution in [0.3, 0.4) is 0 Å². The van der Waals surface area contributed by atoms with Crippen molar-refractivity contribution in [3.63, 3.8) is 0 Å². The number of likely N-dealkylation sites (tertiary alicyclic amines) is 1. The lowest BCUT2D eigenvalue weighted by Crippen LogP contribution is -2.44. The summed E-state index contributed by atoms with van der Waals surface area (Å²) in [6, 6.07) is 13.4. The highest BCUT2D eigenvalue weighted by molar-refractivity contribution is 7.92. The molecule has 6 nitrogen and oxygen atoms in total. The van der Waals surface area contributed by atoms with Crippen molar-refractivity contribution in [2.45, 2.75) is 31.1 Å². The summed E-state index contributed by atoms with van der Waals surface area (Å²) in [5, 5.41) is 0. The van der Waals surface area contributed by atoms with Crippen LogP contribution in [0.1, 0.15) is 24.8 Å². The topological polar surface area (TPSA) is 66.9 Å². The second-order valence-corrected chi connectivity index (χ2v) is 8.83. The standard InChI is InChI=1S/C21H26N2O4S/c1-17-9-11-20(12-10-17)28(25,26)23(18-7-6-8-19(15-18)27-2)16-21(24)22-13-4-3-5-14-22/h6-12,15H,3-5,13-14,16H2,1-2H3. The van der Waals surface area contributed by atoms with Crippen LogP contribution in [0.2, 0.25) is 0 Å². The number of carbonyl (C=O) groups is 1. The van der Waals surface area contributed by atoms with E-state index in [1.807, 2.05) is 6.92 Å². The van der Waals surface area contributed by atoms with E-state index < -0.39 is 10.0 Å². The fourth-order valence-electron chi connectivity index (χ4n) is 3.28. The molecule has 3 rings (SSSR count). The molecule has 2 aromatic carbocycles. The highest BCUT2D eigenvalue weighted by atomic mass is 32.2. The maximum atomic E-state index is 13.4. The Bertz CT molecular complexity index is 920. The average Bonchev–Trinajstić information content (AvgIpc) is 2.72. The fourth-order valence-corrected chi connectivity index (χ4v) is 4.69. The molecule has 0 N–H and O–H groups in total. The van der Waals surface area contributed by atoms with E-state index >= 15 is 0 Å². The molecule has 0 aromatic heterocycles. The largest absolute Gasteiger partial charge is 0.497 e. The van der Waals surface area contributed by atoms with Crippen molar-refractivity contribution < 1.29 is 17.9 Å². The van der Waals surface area contributed by atoms with Gasteiger partial charge >= 0.3 is 0 Å². The fraction of sp³-hybridized carbons (Fsp3) is 0.381. The Kier molecular flexibility index (Phi) is 6.24. The first-order valence-corrected chi connectivity index (χ1v) is 10.9. The van der Waals surface area contributed by atoms with Gasteiger partial charge < -0.3 is 9.64 Å². The molecule has 0 unspecified atom stereocenters. The summed E-state index contributed by atoms with van der Waals surface area (Å²) in [4.78, 5) is 14.8. The molecule has 1 heterocycles. The van der Waals surface area contributed by atoms with Crippen molar-refractivity contribution in [3.05, 3.63) is 54.1 Å².